The van der Waals surface area contributed by atoms with Crippen molar-refractivity contribution in [3.05, 3.63) is 42.0 Å². The molecule has 9 heteroatoms. The van der Waals surface area contributed by atoms with Gasteiger partial charge in [-0.15, -0.1) is 0 Å². The maximum Gasteiger partial charge on any atom is 0.265 e. The van der Waals surface area contributed by atoms with Gasteiger partial charge in [0.15, 0.2) is 18.1 Å². The number of hydrogen-bond donors (Lipinski definition) is 2. The molecule has 0 bridgehead atoms. The van der Waals surface area contributed by atoms with Gasteiger partial charge in [0, 0.05) is 30.4 Å². The number of nitrogens with one attached hydrogen (secondary N) is 2. The van der Waals surface area contributed by atoms with Crippen LogP contribution in [0.2, 0.25) is 0 Å². The number of carbonyl (C=O) groups excluding carboxylic acids is 2. The van der Waals surface area contributed by atoms with Gasteiger partial charge < -0.3 is 29.7 Å². The first-order chi connectivity index (χ1) is 14.4. The van der Waals surface area contributed by atoms with E-state index in [4.69, 9.17) is 19.0 Å². The molecular formula is C21H25N3O6. The highest BCUT2D eigenvalue weighted by molar-refractivity contribution is 5.99. The van der Waals surface area contributed by atoms with E-state index in [1.165, 1.54) is 28.3 Å². The van der Waals surface area contributed by atoms with E-state index in [-0.39, 0.29) is 12.5 Å². The van der Waals surface area contributed by atoms with E-state index < -0.39 is 5.91 Å². The average molecular weight is 415 g/mol. The Morgan fingerprint density at radius 3 is 1.97 bits per heavy atom. The van der Waals surface area contributed by atoms with Crippen LogP contribution < -0.4 is 24.8 Å². The summed E-state index contributed by atoms with van der Waals surface area (Å²) in [4.78, 5) is 28.4. The van der Waals surface area contributed by atoms with E-state index in [0.717, 1.165) is 5.56 Å². The first kappa shape index (κ1) is 22.5. The Morgan fingerprint density at radius 1 is 0.867 bits per heavy atom. The predicted molar refractivity (Wildman–Crippen MR) is 114 cm³/mol. The zero-order valence-corrected chi connectivity index (χ0v) is 17.6. The SMILES string of the molecule is COc1cc(NC(=O)CO/N=C(\C)c2ccc(NC(C)=O)cc2)cc(OC)c1OC. The molecule has 0 saturated heterocycles. The van der Waals surface area contributed by atoms with Crippen LogP contribution in [0.25, 0.3) is 0 Å². The fourth-order valence-corrected chi connectivity index (χ4v) is 2.59. The molecule has 0 heterocycles. The van der Waals surface area contributed by atoms with Crippen LogP contribution in [-0.4, -0.2) is 45.5 Å². The molecule has 0 aliphatic carbocycles. The predicted octanol–water partition coefficient (Wildman–Crippen LogP) is 3.05. The van der Waals surface area contributed by atoms with Crippen molar-refractivity contribution in [3.8, 4) is 17.2 Å². The third-order valence-electron chi connectivity index (χ3n) is 3.97. The number of benzene rings is 2. The molecule has 30 heavy (non-hydrogen) atoms. The van der Waals surface area contributed by atoms with E-state index in [0.29, 0.717) is 34.3 Å². The second-order valence-electron chi connectivity index (χ2n) is 6.17. The minimum Gasteiger partial charge on any atom is -0.493 e. The maximum atomic E-state index is 12.2. The molecule has 0 radical (unpaired) electrons. The van der Waals surface area contributed by atoms with E-state index >= 15 is 0 Å². The van der Waals surface area contributed by atoms with Crippen LogP contribution in [0.5, 0.6) is 17.2 Å². The van der Waals surface area contributed by atoms with Crippen LogP contribution >= 0.6 is 0 Å². The molecule has 0 saturated carbocycles. The number of carbonyl (C=O) groups is 2. The van der Waals surface area contributed by atoms with E-state index in [2.05, 4.69) is 15.8 Å². The fraction of sp³-hybridized carbons (Fsp3) is 0.286. The molecule has 9 nitrogen and oxygen atoms in total. The second-order valence-corrected chi connectivity index (χ2v) is 6.17. The Labute approximate surface area is 174 Å². The summed E-state index contributed by atoms with van der Waals surface area (Å²) >= 11 is 0. The van der Waals surface area contributed by atoms with Gasteiger partial charge in [0.25, 0.3) is 5.91 Å². The van der Waals surface area contributed by atoms with Crippen LogP contribution in [0.4, 0.5) is 11.4 Å². The van der Waals surface area contributed by atoms with E-state index in [1.807, 2.05) is 0 Å². The largest absolute Gasteiger partial charge is 0.493 e. The first-order valence-electron chi connectivity index (χ1n) is 9.02. The third-order valence-corrected chi connectivity index (χ3v) is 3.97. The number of rotatable bonds is 9. The number of oxime groups is 1. The second kappa shape index (κ2) is 10.7. The van der Waals surface area contributed by atoms with Gasteiger partial charge in [0.2, 0.25) is 11.7 Å². The smallest absolute Gasteiger partial charge is 0.265 e. The summed E-state index contributed by atoms with van der Waals surface area (Å²) in [6.45, 7) is 2.92. The average Bonchev–Trinajstić information content (AvgIpc) is 2.72. The first-order valence-corrected chi connectivity index (χ1v) is 9.02. The van der Waals surface area contributed by atoms with Crippen molar-refractivity contribution >= 4 is 28.9 Å². The molecule has 0 aliphatic rings. The summed E-state index contributed by atoms with van der Waals surface area (Å²) in [6, 6.07) is 10.3. The quantitative estimate of drug-likeness (QED) is 0.481. The number of ether oxygens (including phenoxy) is 3. The molecule has 0 aliphatic heterocycles. The minimum atomic E-state index is -0.401. The van der Waals surface area contributed by atoms with Gasteiger partial charge in [-0.3, -0.25) is 9.59 Å². The summed E-state index contributed by atoms with van der Waals surface area (Å²) in [5.74, 6) is 0.727. The molecular weight excluding hydrogens is 390 g/mol. The molecule has 160 valence electrons. The highest BCUT2D eigenvalue weighted by atomic mass is 16.6. The van der Waals surface area contributed by atoms with Crippen molar-refractivity contribution < 1.29 is 28.6 Å². The van der Waals surface area contributed by atoms with Gasteiger partial charge in [0.1, 0.15) is 0 Å². The van der Waals surface area contributed by atoms with E-state index in [1.54, 1.807) is 43.3 Å². The molecule has 0 aromatic heterocycles. The Kier molecular flexibility index (Phi) is 8.04. The minimum absolute atomic E-state index is 0.144. The molecule has 0 spiro atoms. The lowest BCUT2D eigenvalue weighted by atomic mass is 10.1. The lowest BCUT2D eigenvalue weighted by molar-refractivity contribution is -0.120. The zero-order valence-electron chi connectivity index (χ0n) is 17.6. The molecule has 2 rings (SSSR count). The van der Waals surface area contributed by atoms with Crippen LogP contribution in [0.15, 0.2) is 41.6 Å². The van der Waals surface area contributed by atoms with E-state index in [9.17, 15) is 9.59 Å². The fourth-order valence-electron chi connectivity index (χ4n) is 2.59. The van der Waals surface area contributed by atoms with Crippen LogP contribution in [0.1, 0.15) is 19.4 Å². The zero-order chi connectivity index (χ0) is 22.1. The topological polar surface area (TPSA) is 107 Å². The highest BCUT2D eigenvalue weighted by Gasteiger charge is 2.14. The number of nitrogens with zero attached hydrogens (tertiary/aromatic N) is 1. The van der Waals surface area contributed by atoms with Gasteiger partial charge in [-0.25, -0.2) is 0 Å². The Balaban J connectivity index is 1.96. The van der Waals surface area contributed by atoms with Crippen molar-refractivity contribution in [3.63, 3.8) is 0 Å². The lowest BCUT2D eigenvalue weighted by Gasteiger charge is -2.14. The lowest BCUT2D eigenvalue weighted by Crippen LogP contribution is -2.17. The summed E-state index contributed by atoms with van der Waals surface area (Å²) in [5.41, 5.74) is 2.54. The van der Waals surface area contributed by atoms with Gasteiger partial charge in [-0.1, -0.05) is 17.3 Å². The van der Waals surface area contributed by atoms with Crippen LogP contribution in [0, 0.1) is 0 Å². The number of anilines is 2. The van der Waals surface area contributed by atoms with Gasteiger partial charge in [-0.2, -0.15) is 0 Å². The third kappa shape index (κ3) is 6.13. The Hall–Kier alpha value is -3.75. The molecule has 2 amide bonds. The monoisotopic (exact) mass is 415 g/mol. The van der Waals surface area contributed by atoms with Crippen molar-refractivity contribution in [2.24, 2.45) is 5.16 Å². The van der Waals surface area contributed by atoms with Gasteiger partial charge in [0.05, 0.1) is 27.0 Å². The van der Waals surface area contributed by atoms with Gasteiger partial charge >= 0.3 is 0 Å². The summed E-state index contributed by atoms with van der Waals surface area (Å²) in [5, 5.41) is 9.34. The molecule has 2 aromatic carbocycles. The summed E-state index contributed by atoms with van der Waals surface area (Å²) in [7, 11) is 4.48. The molecule has 0 fully saturated rings. The Bertz CT molecular complexity index is 900. The molecule has 2 N–H and O–H groups in total. The Morgan fingerprint density at radius 2 is 1.47 bits per heavy atom. The number of hydrogen-bond acceptors (Lipinski definition) is 7. The van der Waals surface area contributed by atoms with Crippen molar-refractivity contribution in [2.45, 2.75) is 13.8 Å². The summed E-state index contributed by atoms with van der Waals surface area (Å²) in [6.07, 6.45) is 0. The summed E-state index contributed by atoms with van der Waals surface area (Å²) < 4.78 is 15.8. The van der Waals surface area contributed by atoms with Gasteiger partial charge in [-0.05, 0) is 24.6 Å². The van der Waals surface area contributed by atoms with Crippen molar-refractivity contribution in [1.82, 2.24) is 0 Å². The number of amides is 2. The normalized spacial score (nSPS) is 10.8. The van der Waals surface area contributed by atoms with Crippen molar-refractivity contribution in [1.29, 1.82) is 0 Å². The molecule has 0 atom stereocenters. The van der Waals surface area contributed by atoms with Crippen LogP contribution in [0.3, 0.4) is 0 Å². The highest BCUT2D eigenvalue weighted by Crippen LogP contribution is 2.39. The standard InChI is InChI=1S/C21H25N3O6/c1-13(15-6-8-16(9-7-15)22-14(2)25)24-30-12-20(26)23-17-10-18(27-3)21(29-5)19(11-17)28-4/h6-11H,12H2,1-5H3,(H,22,25)(H,23,26)/b24-13+. The molecule has 2 aromatic rings. The van der Waals surface area contributed by atoms with Crippen molar-refractivity contribution in [2.75, 3.05) is 38.6 Å². The number of methoxy groups -OCH3 is 3. The van der Waals surface area contributed by atoms with Crippen LogP contribution in [-0.2, 0) is 14.4 Å². The maximum absolute atomic E-state index is 12.2. The molecule has 0 unspecified atom stereocenters.